The minimum absolute atomic E-state index is 0. The van der Waals surface area contributed by atoms with Gasteiger partial charge in [0, 0.05) is 11.0 Å². The molecule has 0 saturated carbocycles. The number of benzene rings is 1. The minimum atomic E-state index is -0.461. The first-order chi connectivity index (χ1) is 8.54. The molecular weight excluding hydrogens is 332 g/mol. The van der Waals surface area contributed by atoms with Crippen molar-refractivity contribution in [1.29, 1.82) is 0 Å². The van der Waals surface area contributed by atoms with Crippen LogP contribution < -0.4 is 10.5 Å². The standard InChI is InChI=1S/C13H19BrN2O2.ClH/c1-3-16(13(17)10(2)15)8-9-18-12-6-4-11(14)5-7-12;/h4-7,10H,3,8-9,15H2,1-2H3;1H/t10-;/m1./s1. The quantitative estimate of drug-likeness (QED) is 0.856. The van der Waals surface area contributed by atoms with Crippen LogP contribution in [0.3, 0.4) is 0 Å². The second-order valence-corrected chi connectivity index (χ2v) is 4.92. The Labute approximate surface area is 128 Å². The van der Waals surface area contributed by atoms with E-state index in [2.05, 4.69) is 15.9 Å². The Morgan fingerprint density at radius 3 is 2.47 bits per heavy atom. The molecule has 0 aliphatic carbocycles. The zero-order valence-electron chi connectivity index (χ0n) is 11.1. The first kappa shape index (κ1) is 18.2. The van der Waals surface area contributed by atoms with Crippen molar-refractivity contribution in [3.63, 3.8) is 0 Å². The summed E-state index contributed by atoms with van der Waals surface area (Å²) in [6, 6.07) is 7.14. The Kier molecular flexibility index (Phi) is 8.80. The van der Waals surface area contributed by atoms with Gasteiger partial charge in [-0.05, 0) is 38.1 Å². The van der Waals surface area contributed by atoms with Crippen LogP contribution in [0.4, 0.5) is 0 Å². The second kappa shape index (κ2) is 9.18. The van der Waals surface area contributed by atoms with Crippen LogP contribution in [0.5, 0.6) is 5.75 Å². The lowest BCUT2D eigenvalue weighted by Gasteiger charge is -2.22. The molecule has 0 bridgehead atoms. The van der Waals surface area contributed by atoms with Crippen LogP contribution in [0.1, 0.15) is 13.8 Å². The summed E-state index contributed by atoms with van der Waals surface area (Å²) in [7, 11) is 0. The van der Waals surface area contributed by atoms with Crippen LogP contribution in [-0.2, 0) is 4.79 Å². The monoisotopic (exact) mass is 350 g/mol. The van der Waals surface area contributed by atoms with E-state index >= 15 is 0 Å². The van der Waals surface area contributed by atoms with Gasteiger partial charge < -0.3 is 15.4 Å². The number of rotatable bonds is 6. The minimum Gasteiger partial charge on any atom is -0.492 e. The third-order valence-electron chi connectivity index (χ3n) is 2.53. The van der Waals surface area contributed by atoms with E-state index in [4.69, 9.17) is 10.5 Å². The predicted octanol–water partition coefficient (Wildman–Crippen LogP) is 2.45. The zero-order chi connectivity index (χ0) is 13.5. The molecular formula is C13H20BrClN2O2. The molecule has 6 heteroatoms. The van der Waals surface area contributed by atoms with Crippen LogP contribution in [0.15, 0.2) is 28.7 Å². The molecule has 0 fully saturated rings. The Hall–Kier alpha value is -0.780. The number of carbonyl (C=O) groups is 1. The van der Waals surface area contributed by atoms with Gasteiger partial charge in [-0.25, -0.2) is 0 Å². The molecule has 1 aromatic carbocycles. The number of likely N-dealkylation sites (N-methyl/N-ethyl adjacent to an activating group) is 1. The second-order valence-electron chi connectivity index (χ2n) is 4.01. The van der Waals surface area contributed by atoms with E-state index in [9.17, 15) is 4.79 Å². The van der Waals surface area contributed by atoms with E-state index in [1.54, 1.807) is 11.8 Å². The Morgan fingerprint density at radius 1 is 1.42 bits per heavy atom. The highest BCUT2D eigenvalue weighted by molar-refractivity contribution is 9.10. The van der Waals surface area contributed by atoms with Gasteiger partial charge in [0.05, 0.1) is 12.6 Å². The molecule has 4 nitrogen and oxygen atoms in total. The lowest BCUT2D eigenvalue weighted by Crippen LogP contribution is -2.43. The summed E-state index contributed by atoms with van der Waals surface area (Å²) in [4.78, 5) is 13.4. The molecule has 0 heterocycles. The number of nitrogens with two attached hydrogens (primary N) is 1. The highest BCUT2D eigenvalue weighted by Crippen LogP contribution is 2.15. The van der Waals surface area contributed by atoms with Gasteiger partial charge in [0.2, 0.25) is 5.91 Å². The molecule has 1 aromatic rings. The highest BCUT2D eigenvalue weighted by Gasteiger charge is 2.15. The van der Waals surface area contributed by atoms with Crippen molar-refractivity contribution in [3.8, 4) is 5.75 Å². The summed E-state index contributed by atoms with van der Waals surface area (Å²) in [5.74, 6) is 0.749. The molecule has 0 aliphatic rings. The molecule has 19 heavy (non-hydrogen) atoms. The van der Waals surface area contributed by atoms with Crippen molar-refractivity contribution in [2.45, 2.75) is 19.9 Å². The molecule has 1 amide bonds. The summed E-state index contributed by atoms with van der Waals surface area (Å²) in [6.07, 6.45) is 0. The molecule has 108 valence electrons. The third kappa shape index (κ3) is 6.27. The van der Waals surface area contributed by atoms with Gasteiger partial charge in [-0.15, -0.1) is 12.4 Å². The summed E-state index contributed by atoms with van der Waals surface area (Å²) in [6.45, 7) is 5.28. The highest BCUT2D eigenvalue weighted by atomic mass is 79.9. The van der Waals surface area contributed by atoms with E-state index in [0.29, 0.717) is 19.7 Å². The predicted molar refractivity (Wildman–Crippen MR) is 82.8 cm³/mol. The molecule has 0 unspecified atom stereocenters. The van der Waals surface area contributed by atoms with E-state index in [0.717, 1.165) is 10.2 Å². The van der Waals surface area contributed by atoms with Gasteiger partial charge in [-0.2, -0.15) is 0 Å². The van der Waals surface area contributed by atoms with Gasteiger partial charge >= 0.3 is 0 Å². The van der Waals surface area contributed by atoms with Crippen molar-refractivity contribution in [2.75, 3.05) is 19.7 Å². The number of nitrogens with zero attached hydrogens (tertiary/aromatic N) is 1. The fourth-order valence-corrected chi connectivity index (χ4v) is 1.78. The summed E-state index contributed by atoms with van der Waals surface area (Å²) < 4.78 is 6.58. The topological polar surface area (TPSA) is 55.6 Å². The SMILES string of the molecule is CCN(CCOc1ccc(Br)cc1)C(=O)[C@@H](C)N.Cl. The largest absolute Gasteiger partial charge is 0.492 e. The van der Waals surface area contributed by atoms with Crippen molar-refractivity contribution < 1.29 is 9.53 Å². The number of halogens is 2. The van der Waals surface area contributed by atoms with Crippen LogP contribution in [0.2, 0.25) is 0 Å². The number of amides is 1. The zero-order valence-corrected chi connectivity index (χ0v) is 13.5. The van der Waals surface area contributed by atoms with Gasteiger partial charge in [-0.3, -0.25) is 4.79 Å². The molecule has 0 aliphatic heterocycles. The molecule has 1 atom stereocenters. The first-order valence-electron chi connectivity index (χ1n) is 5.97. The van der Waals surface area contributed by atoms with Crippen LogP contribution in [0, 0.1) is 0 Å². The van der Waals surface area contributed by atoms with Crippen LogP contribution >= 0.6 is 28.3 Å². The van der Waals surface area contributed by atoms with E-state index in [1.807, 2.05) is 31.2 Å². The Morgan fingerprint density at radius 2 is 2.00 bits per heavy atom. The van der Waals surface area contributed by atoms with Crippen molar-refractivity contribution >= 4 is 34.2 Å². The number of carbonyl (C=O) groups excluding carboxylic acids is 1. The van der Waals surface area contributed by atoms with E-state index in [-0.39, 0.29) is 18.3 Å². The molecule has 0 spiro atoms. The van der Waals surface area contributed by atoms with Crippen molar-refractivity contribution in [1.82, 2.24) is 4.90 Å². The smallest absolute Gasteiger partial charge is 0.239 e. The van der Waals surface area contributed by atoms with Crippen LogP contribution in [0.25, 0.3) is 0 Å². The van der Waals surface area contributed by atoms with E-state index < -0.39 is 6.04 Å². The molecule has 2 N–H and O–H groups in total. The first-order valence-corrected chi connectivity index (χ1v) is 6.76. The number of hydrogen-bond donors (Lipinski definition) is 1. The third-order valence-corrected chi connectivity index (χ3v) is 3.06. The lowest BCUT2D eigenvalue weighted by molar-refractivity contribution is -0.132. The Balaban J connectivity index is 0.00000324. The maximum absolute atomic E-state index is 11.7. The average Bonchev–Trinajstić information content (AvgIpc) is 2.36. The molecule has 1 rings (SSSR count). The number of ether oxygens (including phenoxy) is 1. The normalized spacial score (nSPS) is 11.4. The molecule has 0 radical (unpaired) electrons. The van der Waals surface area contributed by atoms with Crippen molar-refractivity contribution in [2.24, 2.45) is 5.73 Å². The van der Waals surface area contributed by atoms with Gasteiger partial charge in [0.15, 0.2) is 0 Å². The van der Waals surface area contributed by atoms with Gasteiger partial charge in [-0.1, -0.05) is 15.9 Å². The molecule has 0 aromatic heterocycles. The average molecular weight is 352 g/mol. The fourth-order valence-electron chi connectivity index (χ4n) is 1.52. The van der Waals surface area contributed by atoms with Crippen LogP contribution in [-0.4, -0.2) is 36.5 Å². The maximum atomic E-state index is 11.7. The van der Waals surface area contributed by atoms with E-state index in [1.165, 1.54) is 0 Å². The maximum Gasteiger partial charge on any atom is 0.239 e. The Bertz CT molecular complexity index is 385. The number of hydrogen-bond acceptors (Lipinski definition) is 3. The lowest BCUT2D eigenvalue weighted by atomic mass is 10.3. The fraction of sp³-hybridized carbons (Fsp3) is 0.462. The van der Waals surface area contributed by atoms with Gasteiger partial charge in [0.25, 0.3) is 0 Å². The summed E-state index contributed by atoms with van der Waals surface area (Å²) in [5, 5.41) is 0. The summed E-state index contributed by atoms with van der Waals surface area (Å²) >= 11 is 3.36. The van der Waals surface area contributed by atoms with Crippen molar-refractivity contribution in [3.05, 3.63) is 28.7 Å². The summed E-state index contributed by atoms with van der Waals surface area (Å²) in [5.41, 5.74) is 5.57. The van der Waals surface area contributed by atoms with Gasteiger partial charge in [0.1, 0.15) is 12.4 Å². The molecule has 0 saturated heterocycles.